The molecule has 2 N–H and O–H groups in total. The van der Waals surface area contributed by atoms with Crippen LogP contribution in [0.5, 0.6) is 0 Å². The SMILES string of the molecule is CC1(C(N)=O)C=CC(N2C(=S)N(c3cnc(C#N)c(C(F)(F)F)c3)C(=O)C23CCC3)=CC1F. The Balaban J connectivity index is 1.78. The first-order valence-corrected chi connectivity index (χ1v) is 10.3. The molecule has 0 bridgehead atoms. The van der Waals surface area contributed by atoms with E-state index in [1.807, 2.05) is 0 Å². The lowest BCUT2D eigenvalue weighted by molar-refractivity contribution is -0.138. The van der Waals surface area contributed by atoms with Crippen molar-refractivity contribution in [2.45, 2.75) is 44.1 Å². The number of halogens is 4. The third-order valence-corrected chi connectivity index (χ3v) is 6.78. The second kappa shape index (κ2) is 7.34. The minimum atomic E-state index is -4.87. The molecule has 33 heavy (non-hydrogen) atoms. The first-order chi connectivity index (χ1) is 15.4. The Morgan fingerprint density at radius 2 is 2.06 bits per heavy atom. The molecule has 3 aliphatic rings. The van der Waals surface area contributed by atoms with Crippen LogP contribution in [0.3, 0.4) is 0 Å². The highest BCUT2D eigenvalue weighted by Gasteiger charge is 2.60. The van der Waals surface area contributed by atoms with E-state index in [0.29, 0.717) is 25.3 Å². The molecule has 7 nitrogen and oxygen atoms in total. The number of thiocarbonyl (C=S) groups is 1. The van der Waals surface area contributed by atoms with E-state index in [1.54, 1.807) is 0 Å². The molecule has 1 aromatic heterocycles. The summed E-state index contributed by atoms with van der Waals surface area (Å²) >= 11 is 5.46. The second-order valence-corrected chi connectivity index (χ2v) is 8.68. The molecule has 1 saturated carbocycles. The van der Waals surface area contributed by atoms with Gasteiger partial charge in [0, 0.05) is 5.70 Å². The molecule has 4 rings (SSSR count). The zero-order valence-electron chi connectivity index (χ0n) is 17.2. The normalized spacial score (nSPS) is 26.3. The summed E-state index contributed by atoms with van der Waals surface area (Å²) in [6.45, 7) is 1.34. The molecule has 2 fully saturated rings. The van der Waals surface area contributed by atoms with Crippen molar-refractivity contribution in [3.8, 4) is 6.07 Å². The van der Waals surface area contributed by atoms with Gasteiger partial charge >= 0.3 is 6.18 Å². The van der Waals surface area contributed by atoms with Crippen LogP contribution in [0.1, 0.15) is 37.4 Å². The molecule has 1 aromatic rings. The Hall–Kier alpha value is -3.33. The summed E-state index contributed by atoms with van der Waals surface area (Å²) < 4.78 is 55.2. The monoisotopic (exact) mass is 479 g/mol. The van der Waals surface area contributed by atoms with Crippen LogP contribution in [0.2, 0.25) is 0 Å². The van der Waals surface area contributed by atoms with E-state index < -0.39 is 46.4 Å². The molecule has 172 valence electrons. The third-order valence-electron chi connectivity index (χ3n) is 6.41. The van der Waals surface area contributed by atoms with E-state index >= 15 is 0 Å². The molecule has 2 amide bonds. The fraction of sp³-hybridized carbons (Fsp3) is 0.381. The zero-order chi connectivity index (χ0) is 24.3. The largest absolute Gasteiger partial charge is 0.419 e. The Morgan fingerprint density at radius 3 is 2.55 bits per heavy atom. The summed E-state index contributed by atoms with van der Waals surface area (Å²) in [5, 5.41) is 8.83. The lowest BCUT2D eigenvalue weighted by Crippen LogP contribution is -2.55. The van der Waals surface area contributed by atoms with Crippen LogP contribution < -0.4 is 10.6 Å². The van der Waals surface area contributed by atoms with Crippen LogP contribution in [-0.4, -0.2) is 38.5 Å². The lowest BCUT2D eigenvalue weighted by Gasteiger charge is -2.44. The first-order valence-electron chi connectivity index (χ1n) is 9.88. The number of hydrogen-bond acceptors (Lipinski definition) is 5. The summed E-state index contributed by atoms with van der Waals surface area (Å²) in [7, 11) is 0. The van der Waals surface area contributed by atoms with Crippen LogP contribution >= 0.6 is 12.2 Å². The van der Waals surface area contributed by atoms with Crippen LogP contribution in [0.15, 0.2) is 36.2 Å². The van der Waals surface area contributed by atoms with Crippen molar-refractivity contribution in [2.24, 2.45) is 11.1 Å². The molecule has 2 atom stereocenters. The number of pyridine rings is 1. The van der Waals surface area contributed by atoms with Crippen molar-refractivity contribution in [3.05, 3.63) is 47.4 Å². The molecule has 0 radical (unpaired) electrons. The first kappa shape index (κ1) is 22.8. The molecular formula is C21H17F4N5O2S. The second-order valence-electron chi connectivity index (χ2n) is 8.32. The number of anilines is 1. The minimum absolute atomic E-state index is 0.148. The predicted molar refractivity (Wildman–Crippen MR) is 112 cm³/mol. The van der Waals surface area contributed by atoms with Gasteiger partial charge < -0.3 is 10.6 Å². The van der Waals surface area contributed by atoms with Gasteiger partial charge in [-0.15, -0.1) is 0 Å². The number of amides is 2. The van der Waals surface area contributed by atoms with Crippen LogP contribution in [-0.2, 0) is 15.8 Å². The predicted octanol–water partition coefficient (Wildman–Crippen LogP) is 3.11. The molecule has 1 spiro atoms. The fourth-order valence-electron chi connectivity index (χ4n) is 4.19. The average molecular weight is 479 g/mol. The van der Waals surface area contributed by atoms with E-state index in [1.165, 1.54) is 30.0 Å². The molecule has 12 heteroatoms. The number of carbonyl (C=O) groups excluding carboxylic acids is 2. The third kappa shape index (κ3) is 3.21. The van der Waals surface area contributed by atoms with Crippen molar-refractivity contribution in [1.82, 2.24) is 9.88 Å². The Morgan fingerprint density at radius 1 is 1.39 bits per heavy atom. The van der Waals surface area contributed by atoms with E-state index in [2.05, 4.69) is 4.98 Å². The van der Waals surface area contributed by atoms with E-state index in [0.717, 1.165) is 17.2 Å². The van der Waals surface area contributed by atoms with E-state index in [9.17, 15) is 27.2 Å². The number of primary amides is 1. The van der Waals surface area contributed by atoms with Crippen molar-refractivity contribution >= 4 is 34.8 Å². The molecule has 2 heterocycles. The standard InChI is InChI=1S/C21H17F4N5O2S/c1-19(16(27)31)6-3-11(8-15(19)22)30-18(33)29(17(32)20(30)4-2-5-20)12-7-13(21(23,24)25)14(9-26)28-10-12/h3,6-8,10,15H,2,4-5H2,1H3,(H2,27,31). The van der Waals surface area contributed by atoms with Crippen molar-refractivity contribution in [3.63, 3.8) is 0 Å². The van der Waals surface area contributed by atoms with E-state index in [4.69, 9.17) is 23.2 Å². The molecule has 1 saturated heterocycles. The van der Waals surface area contributed by atoms with Gasteiger partial charge in [0.1, 0.15) is 17.8 Å². The van der Waals surface area contributed by atoms with Gasteiger partial charge in [-0.25, -0.2) is 9.37 Å². The maximum Gasteiger partial charge on any atom is 0.419 e. The van der Waals surface area contributed by atoms with Crippen LogP contribution in [0.4, 0.5) is 23.2 Å². The molecular weight excluding hydrogens is 462 g/mol. The number of alkyl halides is 4. The fourth-order valence-corrected chi connectivity index (χ4v) is 4.65. The number of hydrogen-bond donors (Lipinski definition) is 1. The molecule has 1 aliphatic heterocycles. The molecule has 2 aliphatic carbocycles. The number of nitrogens with two attached hydrogens (primary N) is 1. The van der Waals surface area contributed by atoms with Gasteiger partial charge in [-0.1, -0.05) is 6.08 Å². The van der Waals surface area contributed by atoms with Gasteiger partial charge in [0.2, 0.25) is 5.91 Å². The number of nitriles is 1. The summed E-state index contributed by atoms with van der Waals surface area (Å²) in [5.74, 6) is -1.43. The summed E-state index contributed by atoms with van der Waals surface area (Å²) in [4.78, 5) is 31.0. The maximum absolute atomic E-state index is 14.9. The van der Waals surface area contributed by atoms with Gasteiger partial charge in [0.05, 0.1) is 22.9 Å². The van der Waals surface area contributed by atoms with E-state index in [-0.39, 0.29) is 16.5 Å². The Labute approximate surface area is 191 Å². The quantitative estimate of drug-likeness (QED) is 0.528. The van der Waals surface area contributed by atoms with Gasteiger partial charge in [-0.05, 0) is 56.6 Å². The van der Waals surface area contributed by atoms with Crippen molar-refractivity contribution in [1.29, 1.82) is 5.26 Å². The Bertz CT molecular complexity index is 1180. The highest BCUT2D eigenvalue weighted by Crippen LogP contribution is 2.49. The number of rotatable bonds is 3. The van der Waals surface area contributed by atoms with Crippen molar-refractivity contribution < 1.29 is 27.2 Å². The number of carbonyl (C=O) groups is 2. The highest BCUT2D eigenvalue weighted by molar-refractivity contribution is 7.80. The summed E-state index contributed by atoms with van der Waals surface area (Å²) in [6.07, 6.45) is -0.472. The maximum atomic E-state index is 14.9. The van der Waals surface area contributed by atoms with Crippen LogP contribution in [0, 0.1) is 16.7 Å². The van der Waals surface area contributed by atoms with Gasteiger partial charge in [0.25, 0.3) is 5.91 Å². The average Bonchev–Trinajstić information content (AvgIpc) is 2.95. The highest BCUT2D eigenvalue weighted by atomic mass is 32.1. The number of nitrogens with zero attached hydrogens (tertiary/aromatic N) is 4. The minimum Gasteiger partial charge on any atom is -0.369 e. The molecule has 0 aromatic carbocycles. The lowest BCUT2D eigenvalue weighted by atomic mass is 9.74. The van der Waals surface area contributed by atoms with Gasteiger partial charge in [-0.3, -0.25) is 14.5 Å². The smallest absolute Gasteiger partial charge is 0.369 e. The summed E-state index contributed by atoms with van der Waals surface area (Å²) in [5.41, 5.74) is 0.391. The number of allylic oxidation sites excluding steroid dienone is 2. The zero-order valence-corrected chi connectivity index (χ0v) is 18.0. The Kier molecular flexibility index (Phi) is 5.09. The summed E-state index contributed by atoms with van der Waals surface area (Å²) in [6, 6.07) is 2.04. The van der Waals surface area contributed by atoms with Gasteiger partial charge in [0.15, 0.2) is 10.8 Å². The van der Waals surface area contributed by atoms with Gasteiger partial charge in [-0.2, -0.15) is 18.4 Å². The molecule has 2 unspecified atom stereocenters. The van der Waals surface area contributed by atoms with Crippen LogP contribution in [0.25, 0.3) is 0 Å². The van der Waals surface area contributed by atoms with Crippen molar-refractivity contribution in [2.75, 3.05) is 4.90 Å². The number of aromatic nitrogens is 1. The topological polar surface area (TPSA) is 103 Å².